The number of guanidine groups is 1. The maximum Gasteiger partial charge on any atom is 0.246 e. The molecule has 132 valence electrons. The summed E-state index contributed by atoms with van der Waals surface area (Å²) in [6.45, 7) is 2.64. The van der Waals surface area contributed by atoms with Crippen molar-refractivity contribution < 1.29 is 4.52 Å². The molecule has 1 saturated heterocycles. The third kappa shape index (κ3) is 3.35. The monoisotopic (exact) mass is 359 g/mol. The molecule has 2 fully saturated rings. The van der Waals surface area contributed by atoms with Gasteiger partial charge in [-0.25, -0.2) is 0 Å². The van der Waals surface area contributed by atoms with E-state index in [1.165, 1.54) is 25.7 Å². The second-order valence-electron chi connectivity index (χ2n) is 6.94. The Morgan fingerprint density at radius 2 is 2.12 bits per heavy atom. The van der Waals surface area contributed by atoms with E-state index in [9.17, 15) is 0 Å². The quantitative estimate of drug-likeness (QED) is 0.672. The minimum absolute atomic E-state index is 0.469. The molecular formula is C18H22ClN5O. The molecule has 0 amide bonds. The van der Waals surface area contributed by atoms with Crippen LogP contribution < -0.4 is 5.32 Å². The minimum atomic E-state index is 0.469. The Bertz CT molecular complexity index is 766. The molecule has 0 radical (unpaired) electrons. The Balaban J connectivity index is 1.37. The molecule has 0 atom stereocenters. The second-order valence-corrected chi connectivity index (χ2v) is 7.38. The zero-order chi connectivity index (χ0) is 17.3. The maximum absolute atomic E-state index is 5.91. The smallest absolute Gasteiger partial charge is 0.246 e. The number of aromatic nitrogens is 2. The van der Waals surface area contributed by atoms with E-state index in [1.807, 2.05) is 31.3 Å². The molecule has 1 aliphatic carbocycles. The predicted octanol–water partition coefficient (Wildman–Crippen LogP) is 3.34. The van der Waals surface area contributed by atoms with E-state index in [-0.39, 0.29) is 0 Å². The highest BCUT2D eigenvalue weighted by molar-refractivity contribution is 6.30. The highest BCUT2D eigenvalue weighted by Crippen LogP contribution is 2.47. The van der Waals surface area contributed by atoms with E-state index in [2.05, 4.69) is 25.3 Å². The Morgan fingerprint density at radius 3 is 2.76 bits per heavy atom. The van der Waals surface area contributed by atoms with Crippen molar-refractivity contribution in [2.75, 3.05) is 20.1 Å². The van der Waals surface area contributed by atoms with Crippen LogP contribution in [0.5, 0.6) is 0 Å². The van der Waals surface area contributed by atoms with Gasteiger partial charge in [0.05, 0.1) is 6.54 Å². The molecule has 1 aliphatic heterocycles. The summed E-state index contributed by atoms with van der Waals surface area (Å²) in [6.07, 6.45) is 5.35. The van der Waals surface area contributed by atoms with Crippen molar-refractivity contribution in [3.8, 4) is 11.4 Å². The number of likely N-dealkylation sites (tertiary alicyclic amines) is 1. The van der Waals surface area contributed by atoms with Crippen LogP contribution in [0.25, 0.3) is 11.4 Å². The van der Waals surface area contributed by atoms with E-state index >= 15 is 0 Å². The summed E-state index contributed by atoms with van der Waals surface area (Å²) in [7, 11) is 1.82. The van der Waals surface area contributed by atoms with Crippen LogP contribution >= 0.6 is 11.6 Å². The van der Waals surface area contributed by atoms with Gasteiger partial charge in [0.25, 0.3) is 0 Å². The molecule has 25 heavy (non-hydrogen) atoms. The lowest BCUT2D eigenvalue weighted by atomic mass is 9.68. The van der Waals surface area contributed by atoms with Crippen LogP contribution in [0.15, 0.2) is 33.8 Å². The maximum atomic E-state index is 5.91. The van der Waals surface area contributed by atoms with Crippen LogP contribution in [0.4, 0.5) is 0 Å². The van der Waals surface area contributed by atoms with Gasteiger partial charge in [0, 0.05) is 30.7 Å². The number of nitrogens with zero attached hydrogens (tertiary/aromatic N) is 4. The summed E-state index contributed by atoms with van der Waals surface area (Å²) in [6, 6.07) is 7.39. The van der Waals surface area contributed by atoms with E-state index in [1.54, 1.807) is 0 Å². The summed E-state index contributed by atoms with van der Waals surface area (Å²) in [5, 5.41) is 8.07. The number of benzene rings is 1. The number of hydrogen-bond donors (Lipinski definition) is 1. The first-order valence-electron chi connectivity index (χ1n) is 8.72. The summed E-state index contributed by atoms with van der Waals surface area (Å²) in [5.41, 5.74) is 1.43. The topological polar surface area (TPSA) is 66.5 Å². The van der Waals surface area contributed by atoms with Gasteiger partial charge in [-0.1, -0.05) is 23.2 Å². The molecule has 2 aliphatic rings. The first-order valence-corrected chi connectivity index (χ1v) is 9.09. The van der Waals surface area contributed by atoms with E-state index < -0.39 is 0 Å². The molecule has 1 aromatic heterocycles. The van der Waals surface area contributed by atoms with Gasteiger partial charge in [-0.3, -0.25) is 4.99 Å². The fourth-order valence-electron chi connectivity index (χ4n) is 3.73. The number of aliphatic imine (C=N–C) groups is 1. The summed E-state index contributed by atoms with van der Waals surface area (Å²) < 4.78 is 5.35. The predicted molar refractivity (Wildman–Crippen MR) is 97.4 cm³/mol. The van der Waals surface area contributed by atoms with Crippen LogP contribution in [-0.2, 0) is 6.54 Å². The van der Waals surface area contributed by atoms with Crippen molar-refractivity contribution >= 4 is 17.6 Å². The van der Waals surface area contributed by atoms with Crippen molar-refractivity contribution in [3.05, 3.63) is 35.2 Å². The van der Waals surface area contributed by atoms with Gasteiger partial charge in [-0.05, 0) is 48.9 Å². The molecule has 4 rings (SSSR count). The van der Waals surface area contributed by atoms with Gasteiger partial charge in [0.1, 0.15) is 0 Å². The summed E-state index contributed by atoms with van der Waals surface area (Å²) in [4.78, 5) is 11.2. The van der Waals surface area contributed by atoms with Gasteiger partial charge in [0.15, 0.2) is 5.96 Å². The average Bonchev–Trinajstić information content (AvgIpc) is 3.23. The SMILES string of the molecule is CN=C(NCc1nc(-c2ccc(Cl)cc2)no1)N1CCC2(CCC2)C1. The first kappa shape index (κ1) is 16.4. The average molecular weight is 360 g/mol. The lowest BCUT2D eigenvalue weighted by Gasteiger charge is -2.38. The van der Waals surface area contributed by atoms with Gasteiger partial charge >= 0.3 is 0 Å². The third-order valence-corrected chi connectivity index (χ3v) is 5.58. The van der Waals surface area contributed by atoms with Crippen molar-refractivity contribution in [2.45, 2.75) is 32.2 Å². The Hall–Kier alpha value is -2.08. The van der Waals surface area contributed by atoms with Crippen LogP contribution in [0.1, 0.15) is 31.6 Å². The highest BCUT2D eigenvalue weighted by atomic mass is 35.5. The van der Waals surface area contributed by atoms with Crippen molar-refractivity contribution in [1.29, 1.82) is 0 Å². The molecule has 6 nitrogen and oxygen atoms in total. The van der Waals surface area contributed by atoms with Crippen molar-refractivity contribution in [2.24, 2.45) is 10.4 Å². The molecule has 0 unspecified atom stereocenters. The zero-order valence-corrected chi connectivity index (χ0v) is 15.1. The lowest BCUT2D eigenvalue weighted by Crippen LogP contribution is -2.42. The van der Waals surface area contributed by atoms with Gasteiger partial charge in [-0.2, -0.15) is 4.98 Å². The largest absolute Gasteiger partial charge is 0.347 e. The van der Waals surface area contributed by atoms with Crippen LogP contribution in [0, 0.1) is 5.41 Å². The van der Waals surface area contributed by atoms with Crippen LogP contribution in [0.3, 0.4) is 0 Å². The van der Waals surface area contributed by atoms with E-state index in [0.717, 1.165) is 24.6 Å². The third-order valence-electron chi connectivity index (χ3n) is 5.33. The number of nitrogens with one attached hydrogen (secondary N) is 1. The Labute approximate surface area is 152 Å². The molecule has 2 heterocycles. The van der Waals surface area contributed by atoms with Crippen LogP contribution in [-0.4, -0.2) is 41.1 Å². The standard InChI is InChI=1S/C18H22ClN5O/c1-20-17(24-10-9-18(12-24)7-2-8-18)21-11-15-22-16(23-25-15)13-3-5-14(19)6-4-13/h3-6H,2,7-12H2,1H3,(H,20,21). The van der Waals surface area contributed by atoms with Gasteiger partial charge in [-0.15, -0.1) is 0 Å². The fourth-order valence-corrected chi connectivity index (χ4v) is 3.86. The van der Waals surface area contributed by atoms with Gasteiger partial charge in [0.2, 0.25) is 11.7 Å². The minimum Gasteiger partial charge on any atom is -0.347 e. The van der Waals surface area contributed by atoms with E-state index in [4.69, 9.17) is 16.1 Å². The molecule has 1 spiro atoms. The van der Waals surface area contributed by atoms with E-state index in [0.29, 0.717) is 28.7 Å². The molecule has 1 N–H and O–H groups in total. The zero-order valence-electron chi connectivity index (χ0n) is 14.3. The Kier molecular flexibility index (Phi) is 4.37. The summed E-state index contributed by atoms with van der Waals surface area (Å²) in [5.74, 6) is 2.02. The molecule has 1 aromatic carbocycles. The molecular weight excluding hydrogens is 338 g/mol. The van der Waals surface area contributed by atoms with Crippen molar-refractivity contribution in [1.82, 2.24) is 20.4 Å². The molecule has 7 heteroatoms. The first-order chi connectivity index (χ1) is 12.2. The molecule has 0 bridgehead atoms. The van der Waals surface area contributed by atoms with Crippen molar-refractivity contribution in [3.63, 3.8) is 0 Å². The fraction of sp³-hybridized carbons (Fsp3) is 0.500. The second kappa shape index (κ2) is 6.67. The lowest BCUT2D eigenvalue weighted by molar-refractivity contribution is 0.151. The van der Waals surface area contributed by atoms with Crippen LogP contribution in [0.2, 0.25) is 5.02 Å². The normalized spacial score (nSPS) is 19.3. The molecule has 2 aromatic rings. The number of hydrogen-bond acceptors (Lipinski definition) is 4. The molecule has 1 saturated carbocycles. The van der Waals surface area contributed by atoms with Gasteiger partial charge < -0.3 is 14.7 Å². The summed E-state index contributed by atoms with van der Waals surface area (Å²) >= 11 is 5.91. The number of halogens is 1. The number of rotatable bonds is 3. The highest BCUT2D eigenvalue weighted by Gasteiger charge is 2.43. The Morgan fingerprint density at radius 1 is 1.32 bits per heavy atom.